The highest BCUT2D eigenvalue weighted by Crippen LogP contribution is 2.19. The van der Waals surface area contributed by atoms with Gasteiger partial charge in [-0.3, -0.25) is 9.59 Å². The maximum absolute atomic E-state index is 12.8. The lowest BCUT2D eigenvalue weighted by atomic mass is 10.0. The number of hydrogen-bond acceptors (Lipinski definition) is 7. The van der Waals surface area contributed by atoms with E-state index in [1.54, 1.807) is 0 Å². The predicted molar refractivity (Wildman–Crippen MR) is 337 cm³/mol. The largest absolute Gasteiger partial charge is 0.477 e. The number of carboxylic acid groups (broad SMARTS) is 1. The topological polar surface area (TPSA) is 108 Å². The summed E-state index contributed by atoms with van der Waals surface area (Å²) in [6, 6.07) is 0. The van der Waals surface area contributed by atoms with Crippen LogP contribution in [-0.2, 0) is 33.3 Å². The molecule has 2 atom stereocenters. The van der Waals surface area contributed by atoms with Gasteiger partial charge in [0.1, 0.15) is 13.2 Å². The summed E-state index contributed by atoms with van der Waals surface area (Å²) in [5.74, 6) is -2.10. The number of likely N-dealkylation sites (N-methyl/N-ethyl adjacent to an activating group) is 1. The fraction of sp³-hybridized carbons (Fsp3) is 0.843. The van der Waals surface area contributed by atoms with Crippen molar-refractivity contribution >= 4 is 17.9 Å². The third-order valence-electron chi connectivity index (χ3n) is 15.1. The standard InChI is InChI=1S/C70H129NO8/c1-6-8-10-12-14-16-18-20-21-22-23-24-25-26-27-28-29-30-31-32-33-34-35-36-37-38-39-40-41-42-43-44-45-46-47-49-50-52-54-56-58-60-67(72)77-64-66(65-78-70(69(74)75)76-63-62-71(3,4)5)79-68(73)61-59-57-55-53-51-48-19-17-15-13-11-9-7-2/h9,11,15,17,48,51,55,57,66,70H,6-8,10,12-14,16,18-47,49-50,52-54,56,58-65H2,1-5H3/p+1/b11-9-,17-15-,51-48-,57-55-. The number of unbranched alkanes of at least 4 members (excludes halogenated alkanes) is 40. The second-order valence-electron chi connectivity index (χ2n) is 24.1. The van der Waals surface area contributed by atoms with Gasteiger partial charge in [0, 0.05) is 12.8 Å². The van der Waals surface area contributed by atoms with Crippen LogP contribution < -0.4 is 0 Å². The van der Waals surface area contributed by atoms with Crippen molar-refractivity contribution in [1.29, 1.82) is 0 Å². The van der Waals surface area contributed by atoms with Crippen LogP contribution in [0.15, 0.2) is 48.6 Å². The second-order valence-corrected chi connectivity index (χ2v) is 24.1. The smallest absolute Gasteiger partial charge is 0.361 e. The monoisotopic (exact) mass is 1110 g/mol. The van der Waals surface area contributed by atoms with E-state index in [2.05, 4.69) is 50.3 Å². The first-order valence-electron chi connectivity index (χ1n) is 33.8. The normalized spacial score (nSPS) is 13.0. The van der Waals surface area contributed by atoms with Crippen LogP contribution in [0.2, 0.25) is 0 Å². The molecular formula is C70H130NO8+. The number of hydrogen-bond donors (Lipinski definition) is 1. The molecule has 0 aromatic carbocycles. The van der Waals surface area contributed by atoms with Crippen molar-refractivity contribution < 1.29 is 42.9 Å². The van der Waals surface area contributed by atoms with Crippen LogP contribution in [0.25, 0.3) is 0 Å². The Hall–Kier alpha value is -2.75. The summed E-state index contributed by atoms with van der Waals surface area (Å²) in [4.78, 5) is 37.3. The first kappa shape index (κ1) is 76.2. The molecule has 2 unspecified atom stereocenters. The van der Waals surface area contributed by atoms with Crippen molar-refractivity contribution in [3.63, 3.8) is 0 Å². The maximum atomic E-state index is 12.8. The lowest BCUT2D eigenvalue weighted by Crippen LogP contribution is -2.40. The summed E-state index contributed by atoms with van der Waals surface area (Å²) in [7, 11) is 5.95. The molecule has 0 aromatic rings. The Balaban J connectivity index is 3.86. The molecule has 0 bridgehead atoms. The van der Waals surface area contributed by atoms with E-state index in [1.807, 2.05) is 33.3 Å². The molecule has 0 amide bonds. The van der Waals surface area contributed by atoms with Gasteiger partial charge >= 0.3 is 17.9 Å². The van der Waals surface area contributed by atoms with E-state index >= 15 is 0 Å². The molecular weight excluding hydrogens is 983 g/mol. The van der Waals surface area contributed by atoms with Crippen molar-refractivity contribution in [3.8, 4) is 0 Å². The minimum atomic E-state index is -1.53. The van der Waals surface area contributed by atoms with E-state index in [4.69, 9.17) is 18.9 Å². The van der Waals surface area contributed by atoms with Crippen LogP contribution in [0, 0.1) is 0 Å². The molecule has 0 radical (unpaired) electrons. The highest BCUT2D eigenvalue weighted by Gasteiger charge is 2.25. The minimum Gasteiger partial charge on any atom is -0.477 e. The Morgan fingerprint density at radius 2 is 0.722 bits per heavy atom. The molecule has 0 aliphatic heterocycles. The Labute approximate surface area is 489 Å². The first-order valence-corrected chi connectivity index (χ1v) is 33.8. The molecule has 0 aromatic heterocycles. The number of carbonyl (C=O) groups is 3. The Morgan fingerprint density at radius 1 is 0.392 bits per heavy atom. The van der Waals surface area contributed by atoms with Crippen LogP contribution in [0.3, 0.4) is 0 Å². The molecule has 0 aliphatic rings. The number of carbonyl (C=O) groups excluding carboxylic acids is 2. The van der Waals surface area contributed by atoms with Crippen molar-refractivity contribution in [1.82, 2.24) is 0 Å². The fourth-order valence-corrected chi connectivity index (χ4v) is 9.97. The molecule has 0 rings (SSSR count). The minimum absolute atomic E-state index is 0.140. The lowest BCUT2D eigenvalue weighted by Gasteiger charge is -2.25. The van der Waals surface area contributed by atoms with Crippen LogP contribution in [0.4, 0.5) is 0 Å². The zero-order chi connectivity index (χ0) is 57.6. The van der Waals surface area contributed by atoms with Crippen molar-refractivity contribution in [2.45, 2.75) is 334 Å². The summed E-state index contributed by atoms with van der Waals surface area (Å²) in [6.45, 7) is 4.71. The number of carboxylic acids is 1. The molecule has 79 heavy (non-hydrogen) atoms. The van der Waals surface area contributed by atoms with Gasteiger partial charge in [-0.1, -0.05) is 319 Å². The molecule has 9 heteroatoms. The van der Waals surface area contributed by atoms with Gasteiger partial charge in [-0.05, 0) is 38.5 Å². The third-order valence-corrected chi connectivity index (χ3v) is 15.1. The number of nitrogens with zero attached hydrogens (tertiary/aromatic N) is 1. The van der Waals surface area contributed by atoms with Crippen LogP contribution in [0.5, 0.6) is 0 Å². The van der Waals surface area contributed by atoms with Gasteiger partial charge in [0.2, 0.25) is 0 Å². The summed E-state index contributed by atoms with van der Waals surface area (Å²) >= 11 is 0. The number of esters is 2. The van der Waals surface area contributed by atoms with Crippen molar-refractivity contribution in [2.75, 3.05) is 47.5 Å². The van der Waals surface area contributed by atoms with Gasteiger partial charge in [-0.2, -0.15) is 0 Å². The molecule has 0 spiro atoms. The summed E-state index contributed by atoms with van der Waals surface area (Å²) in [5, 5.41) is 9.68. The van der Waals surface area contributed by atoms with Gasteiger partial charge in [0.25, 0.3) is 6.29 Å². The summed E-state index contributed by atoms with van der Waals surface area (Å²) in [5.41, 5.74) is 0. The molecule has 0 heterocycles. The number of rotatable bonds is 63. The quantitative estimate of drug-likeness (QED) is 0.0211. The third kappa shape index (κ3) is 62.7. The molecule has 0 saturated carbocycles. The first-order chi connectivity index (χ1) is 38.6. The van der Waals surface area contributed by atoms with E-state index in [9.17, 15) is 19.5 Å². The number of aliphatic carboxylic acids is 1. The predicted octanol–water partition coefficient (Wildman–Crippen LogP) is 20.6. The average Bonchev–Trinajstić information content (AvgIpc) is 3.42. The maximum Gasteiger partial charge on any atom is 0.361 e. The highest BCUT2D eigenvalue weighted by molar-refractivity contribution is 5.71. The van der Waals surface area contributed by atoms with E-state index < -0.39 is 24.3 Å². The molecule has 0 saturated heterocycles. The van der Waals surface area contributed by atoms with Crippen LogP contribution in [-0.4, -0.2) is 87.4 Å². The van der Waals surface area contributed by atoms with Gasteiger partial charge in [0.05, 0.1) is 34.4 Å². The summed E-state index contributed by atoms with van der Waals surface area (Å²) < 4.78 is 22.8. The van der Waals surface area contributed by atoms with Crippen molar-refractivity contribution in [2.24, 2.45) is 0 Å². The fourth-order valence-electron chi connectivity index (χ4n) is 9.97. The number of allylic oxidation sites excluding steroid dienone is 8. The van der Waals surface area contributed by atoms with Gasteiger partial charge < -0.3 is 28.5 Å². The van der Waals surface area contributed by atoms with E-state index in [1.165, 1.54) is 244 Å². The SMILES string of the molecule is CC/C=C\C/C=C\C/C=C\C/C=C\CCC(=O)OC(COC(=O)CCCCCCCCCCCCCCCCCCCCCCCCCCCCCCCCCCCCCCCCCCC)COC(OCC[N+](C)(C)C)C(=O)O. The van der Waals surface area contributed by atoms with Crippen molar-refractivity contribution in [3.05, 3.63) is 48.6 Å². The van der Waals surface area contributed by atoms with Gasteiger partial charge in [-0.15, -0.1) is 0 Å². The van der Waals surface area contributed by atoms with Crippen LogP contribution >= 0.6 is 0 Å². The van der Waals surface area contributed by atoms with Gasteiger partial charge in [0.15, 0.2) is 6.10 Å². The molecule has 9 nitrogen and oxygen atoms in total. The summed E-state index contributed by atoms with van der Waals surface area (Å²) in [6.07, 6.45) is 75.9. The Bertz CT molecular complexity index is 1430. The lowest BCUT2D eigenvalue weighted by molar-refractivity contribution is -0.870. The van der Waals surface area contributed by atoms with Crippen LogP contribution in [0.1, 0.15) is 322 Å². The van der Waals surface area contributed by atoms with E-state index in [0.717, 1.165) is 44.9 Å². The zero-order valence-electron chi connectivity index (χ0n) is 52.8. The Morgan fingerprint density at radius 3 is 1.05 bits per heavy atom. The average molecular weight is 1110 g/mol. The Kier molecular flexibility index (Phi) is 59.2. The zero-order valence-corrected chi connectivity index (χ0v) is 52.8. The molecule has 0 fully saturated rings. The number of quaternary nitrogens is 1. The second kappa shape index (κ2) is 61.3. The van der Waals surface area contributed by atoms with E-state index in [-0.39, 0.29) is 32.2 Å². The molecule has 462 valence electrons. The molecule has 0 aliphatic carbocycles. The highest BCUT2D eigenvalue weighted by atomic mass is 16.7. The molecule has 1 N–H and O–H groups in total. The van der Waals surface area contributed by atoms with Gasteiger partial charge in [-0.25, -0.2) is 4.79 Å². The van der Waals surface area contributed by atoms with E-state index in [0.29, 0.717) is 23.9 Å². The number of ether oxygens (including phenoxy) is 4.